The number of pyridine rings is 1. The lowest BCUT2D eigenvalue weighted by atomic mass is 10.1. The van der Waals surface area contributed by atoms with Gasteiger partial charge in [0.2, 0.25) is 0 Å². The number of aromatic nitrogens is 2. The van der Waals surface area contributed by atoms with E-state index in [1.807, 2.05) is 16.7 Å². The largest absolute Gasteiger partial charge is 0.391 e. The fraction of sp³-hybridized carbons (Fsp3) is 0.364. The van der Waals surface area contributed by atoms with Crippen LogP contribution in [0.4, 0.5) is 4.39 Å². The molecular formula is C22H24FN3O2. The molecule has 0 saturated heterocycles. The minimum Gasteiger partial charge on any atom is -0.391 e. The number of aliphatic hydroxyl groups is 1. The van der Waals surface area contributed by atoms with Crippen molar-refractivity contribution < 1.29 is 14.3 Å². The molecule has 0 spiro atoms. The molecule has 5 nitrogen and oxygen atoms in total. The molecule has 0 radical (unpaired) electrons. The number of rotatable bonds is 4. The van der Waals surface area contributed by atoms with E-state index < -0.39 is 6.10 Å². The van der Waals surface area contributed by atoms with Gasteiger partial charge in [-0.15, -0.1) is 0 Å². The van der Waals surface area contributed by atoms with Crippen LogP contribution in [0.2, 0.25) is 0 Å². The van der Waals surface area contributed by atoms with Gasteiger partial charge in [-0.25, -0.2) is 4.39 Å². The topological polar surface area (TPSA) is 67.2 Å². The molecule has 1 aliphatic carbocycles. The number of benzene rings is 1. The molecular weight excluding hydrogens is 357 g/mol. The summed E-state index contributed by atoms with van der Waals surface area (Å²) in [6, 6.07) is 9.86. The highest BCUT2D eigenvalue weighted by Crippen LogP contribution is 2.23. The van der Waals surface area contributed by atoms with Gasteiger partial charge >= 0.3 is 0 Å². The van der Waals surface area contributed by atoms with Gasteiger partial charge in [0.15, 0.2) is 0 Å². The molecule has 3 aromatic rings. The lowest BCUT2D eigenvalue weighted by Gasteiger charge is -2.21. The third-order valence-corrected chi connectivity index (χ3v) is 5.44. The van der Waals surface area contributed by atoms with Crippen molar-refractivity contribution in [2.75, 3.05) is 0 Å². The summed E-state index contributed by atoms with van der Waals surface area (Å²) in [5.74, 6) is -0.489. The van der Waals surface area contributed by atoms with Crippen molar-refractivity contribution in [1.29, 1.82) is 0 Å². The van der Waals surface area contributed by atoms with E-state index >= 15 is 0 Å². The monoisotopic (exact) mass is 381 g/mol. The number of carbonyl (C=O) groups excluding carboxylic acids is 1. The van der Waals surface area contributed by atoms with Crippen LogP contribution in [0, 0.1) is 5.82 Å². The van der Waals surface area contributed by atoms with Crippen LogP contribution in [-0.4, -0.2) is 32.7 Å². The molecule has 4 rings (SSSR count). The molecule has 0 aliphatic heterocycles. The summed E-state index contributed by atoms with van der Waals surface area (Å²) in [5.41, 5.74) is 2.91. The first-order valence-corrected chi connectivity index (χ1v) is 9.79. The van der Waals surface area contributed by atoms with Crippen LogP contribution in [-0.2, 0) is 6.54 Å². The number of hydrogen-bond acceptors (Lipinski definition) is 3. The number of aliphatic hydroxyl groups excluding tert-OH is 1. The Morgan fingerprint density at radius 1 is 1.18 bits per heavy atom. The van der Waals surface area contributed by atoms with Gasteiger partial charge < -0.3 is 15.0 Å². The molecule has 1 fully saturated rings. The Balaban J connectivity index is 1.61. The van der Waals surface area contributed by atoms with E-state index in [-0.39, 0.29) is 17.8 Å². The Morgan fingerprint density at radius 2 is 1.96 bits per heavy atom. The second kappa shape index (κ2) is 8.10. The summed E-state index contributed by atoms with van der Waals surface area (Å²) in [6.07, 6.45) is 7.54. The predicted octanol–water partition coefficient (Wildman–Crippen LogP) is 3.65. The maximum atomic E-state index is 13.2. The first-order chi connectivity index (χ1) is 13.6. The van der Waals surface area contributed by atoms with E-state index in [2.05, 4.69) is 10.3 Å². The zero-order valence-corrected chi connectivity index (χ0v) is 15.6. The molecule has 1 aliphatic rings. The van der Waals surface area contributed by atoms with Crippen molar-refractivity contribution in [3.63, 3.8) is 0 Å². The lowest BCUT2D eigenvalue weighted by molar-refractivity contribution is 0.0820. The van der Waals surface area contributed by atoms with Crippen LogP contribution in [0.25, 0.3) is 11.0 Å². The molecule has 0 unspecified atom stereocenters. The molecule has 0 bridgehead atoms. The van der Waals surface area contributed by atoms with Crippen molar-refractivity contribution in [2.24, 2.45) is 0 Å². The summed E-state index contributed by atoms with van der Waals surface area (Å²) < 4.78 is 15.1. The van der Waals surface area contributed by atoms with E-state index in [1.165, 1.54) is 12.1 Å². The molecule has 2 N–H and O–H groups in total. The highest BCUT2D eigenvalue weighted by Gasteiger charge is 2.25. The fourth-order valence-electron chi connectivity index (χ4n) is 3.91. The molecule has 6 heteroatoms. The fourth-order valence-corrected chi connectivity index (χ4v) is 3.91. The summed E-state index contributed by atoms with van der Waals surface area (Å²) >= 11 is 0. The van der Waals surface area contributed by atoms with Gasteiger partial charge in [0.25, 0.3) is 5.91 Å². The van der Waals surface area contributed by atoms with E-state index in [4.69, 9.17) is 0 Å². The third-order valence-electron chi connectivity index (χ3n) is 5.44. The number of nitrogens with zero attached hydrogens (tertiary/aromatic N) is 2. The van der Waals surface area contributed by atoms with Gasteiger partial charge in [-0.1, -0.05) is 31.4 Å². The molecule has 2 aromatic heterocycles. The summed E-state index contributed by atoms with van der Waals surface area (Å²) in [4.78, 5) is 17.4. The quantitative estimate of drug-likeness (QED) is 0.678. The Labute approximate surface area is 163 Å². The average Bonchev–Trinajstić information content (AvgIpc) is 2.94. The lowest BCUT2D eigenvalue weighted by Crippen LogP contribution is -2.42. The Bertz CT molecular complexity index is 968. The number of amides is 1. The summed E-state index contributed by atoms with van der Waals surface area (Å²) in [5, 5.41) is 13.3. The van der Waals surface area contributed by atoms with Gasteiger partial charge in [-0.3, -0.25) is 9.78 Å². The van der Waals surface area contributed by atoms with Crippen molar-refractivity contribution in [2.45, 2.75) is 50.8 Å². The van der Waals surface area contributed by atoms with Crippen LogP contribution in [0.15, 0.2) is 48.8 Å². The molecule has 1 aromatic carbocycles. The van der Waals surface area contributed by atoms with E-state index in [0.29, 0.717) is 17.6 Å². The first kappa shape index (κ1) is 18.6. The molecule has 2 heterocycles. The maximum Gasteiger partial charge on any atom is 0.255 e. The maximum absolute atomic E-state index is 13.2. The van der Waals surface area contributed by atoms with Gasteiger partial charge in [0.1, 0.15) is 11.3 Å². The Hall–Kier alpha value is -2.73. The van der Waals surface area contributed by atoms with Crippen LogP contribution in [0.1, 0.15) is 48.0 Å². The van der Waals surface area contributed by atoms with Crippen molar-refractivity contribution in [1.82, 2.24) is 14.9 Å². The minimum absolute atomic E-state index is 0.215. The zero-order valence-electron chi connectivity index (χ0n) is 15.6. The predicted molar refractivity (Wildman–Crippen MR) is 106 cm³/mol. The van der Waals surface area contributed by atoms with Gasteiger partial charge in [0, 0.05) is 18.9 Å². The molecule has 1 saturated carbocycles. The Kier molecular flexibility index (Phi) is 5.39. The van der Waals surface area contributed by atoms with E-state index in [1.54, 1.807) is 24.5 Å². The van der Waals surface area contributed by atoms with Crippen molar-refractivity contribution in [3.05, 3.63) is 65.7 Å². The molecule has 146 valence electrons. The standard InChI is InChI=1S/C22H24FN3O2/c23-16-10-8-15(9-11-16)13-26-14-17(21-19(26)6-4-12-24-21)22(28)25-18-5-2-1-3-7-20(18)27/h4,6,8-12,14,18,20,27H,1-3,5,7,13H2,(H,25,28)/t18-,20-/m1/s1. The van der Waals surface area contributed by atoms with Crippen LogP contribution >= 0.6 is 0 Å². The molecule has 1 amide bonds. The number of fused-ring (bicyclic) bond motifs is 1. The van der Waals surface area contributed by atoms with Crippen LogP contribution < -0.4 is 5.32 Å². The number of nitrogens with one attached hydrogen (secondary N) is 1. The SMILES string of the molecule is O=C(N[C@@H]1CCCCC[C@H]1O)c1cn(Cc2ccc(F)cc2)c2cccnc12. The number of hydrogen-bond donors (Lipinski definition) is 2. The molecule has 28 heavy (non-hydrogen) atoms. The minimum atomic E-state index is -0.507. The number of halogens is 1. The summed E-state index contributed by atoms with van der Waals surface area (Å²) in [6.45, 7) is 0.516. The van der Waals surface area contributed by atoms with Crippen LogP contribution in [0.3, 0.4) is 0 Å². The normalized spacial score (nSPS) is 20.1. The highest BCUT2D eigenvalue weighted by molar-refractivity contribution is 6.05. The van der Waals surface area contributed by atoms with Crippen LogP contribution in [0.5, 0.6) is 0 Å². The second-order valence-electron chi connectivity index (χ2n) is 7.45. The van der Waals surface area contributed by atoms with E-state index in [9.17, 15) is 14.3 Å². The van der Waals surface area contributed by atoms with E-state index in [0.717, 1.165) is 43.2 Å². The zero-order chi connectivity index (χ0) is 19.5. The van der Waals surface area contributed by atoms with Crippen molar-refractivity contribution >= 4 is 16.9 Å². The average molecular weight is 381 g/mol. The van der Waals surface area contributed by atoms with Gasteiger partial charge in [-0.2, -0.15) is 0 Å². The number of carbonyl (C=O) groups is 1. The van der Waals surface area contributed by atoms with Crippen molar-refractivity contribution in [3.8, 4) is 0 Å². The third kappa shape index (κ3) is 3.92. The summed E-state index contributed by atoms with van der Waals surface area (Å²) in [7, 11) is 0. The first-order valence-electron chi connectivity index (χ1n) is 9.79. The van der Waals surface area contributed by atoms with Gasteiger partial charge in [0.05, 0.1) is 23.2 Å². The van der Waals surface area contributed by atoms with Gasteiger partial charge in [-0.05, 0) is 42.7 Å². The smallest absolute Gasteiger partial charge is 0.255 e. The molecule has 2 atom stereocenters. The highest BCUT2D eigenvalue weighted by atomic mass is 19.1. The second-order valence-corrected chi connectivity index (χ2v) is 7.45. The Morgan fingerprint density at radius 3 is 2.79 bits per heavy atom.